The number of para-hydroxylation sites is 1. The van der Waals surface area contributed by atoms with Gasteiger partial charge in [0.15, 0.2) is 6.61 Å². The third-order valence-corrected chi connectivity index (χ3v) is 3.79. The van der Waals surface area contributed by atoms with Crippen LogP contribution < -0.4 is 0 Å². The molecule has 21 heavy (non-hydrogen) atoms. The van der Waals surface area contributed by atoms with Gasteiger partial charge in [-0.1, -0.05) is 18.2 Å². The zero-order chi connectivity index (χ0) is 14.7. The van der Waals surface area contributed by atoms with Crippen LogP contribution in [0.15, 0.2) is 30.3 Å². The van der Waals surface area contributed by atoms with E-state index in [4.69, 9.17) is 4.74 Å². The number of likely N-dealkylation sites (tertiary alicyclic amines) is 1. The largest absolute Gasteiger partial charge is 0.451 e. The molecule has 1 amide bonds. The Morgan fingerprint density at radius 3 is 2.67 bits per heavy atom. The summed E-state index contributed by atoms with van der Waals surface area (Å²) in [5.74, 6) is -0.601. The van der Waals surface area contributed by atoms with E-state index in [1.165, 1.54) is 6.42 Å². The smallest absolute Gasteiger partial charge is 0.355 e. The highest BCUT2D eigenvalue weighted by atomic mass is 16.5. The summed E-state index contributed by atoms with van der Waals surface area (Å²) in [6.45, 7) is 1.35. The highest BCUT2D eigenvalue weighted by Gasteiger charge is 2.19. The molecule has 0 unspecified atom stereocenters. The SMILES string of the molecule is O=C(OCC(=O)N1CCCCC1)c1cc2ccccc2[nH]1. The summed E-state index contributed by atoms with van der Waals surface area (Å²) >= 11 is 0. The molecule has 0 aliphatic carbocycles. The third kappa shape index (κ3) is 3.07. The number of fused-ring (bicyclic) bond motifs is 1. The Bertz CT molecular complexity index is 623. The van der Waals surface area contributed by atoms with E-state index in [0.29, 0.717) is 5.69 Å². The van der Waals surface area contributed by atoms with E-state index in [1.54, 1.807) is 11.0 Å². The molecule has 0 spiro atoms. The van der Waals surface area contributed by atoms with Crippen LogP contribution in [0.1, 0.15) is 29.8 Å². The van der Waals surface area contributed by atoms with Gasteiger partial charge >= 0.3 is 5.97 Å². The number of amides is 1. The number of nitrogens with zero attached hydrogens (tertiary/aromatic N) is 1. The molecule has 3 rings (SSSR count). The fourth-order valence-corrected chi connectivity index (χ4v) is 2.62. The minimum atomic E-state index is -0.489. The number of carbonyl (C=O) groups excluding carboxylic acids is 2. The molecule has 1 fully saturated rings. The molecule has 5 nitrogen and oxygen atoms in total. The molecule has 1 aromatic heterocycles. The van der Waals surface area contributed by atoms with E-state index in [-0.39, 0.29) is 12.5 Å². The number of hydrogen-bond acceptors (Lipinski definition) is 3. The molecule has 0 atom stereocenters. The first-order valence-electron chi connectivity index (χ1n) is 7.27. The van der Waals surface area contributed by atoms with Crippen molar-refractivity contribution in [3.63, 3.8) is 0 Å². The second kappa shape index (κ2) is 5.99. The molecule has 2 aromatic rings. The average molecular weight is 286 g/mol. The molecular formula is C16H18N2O3. The van der Waals surface area contributed by atoms with Crippen LogP contribution >= 0.6 is 0 Å². The number of aromatic nitrogens is 1. The molecular weight excluding hydrogens is 268 g/mol. The molecule has 1 aliphatic heterocycles. The van der Waals surface area contributed by atoms with E-state index < -0.39 is 5.97 Å². The van der Waals surface area contributed by atoms with Crippen molar-refractivity contribution in [1.29, 1.82) is 0 Å². The molecule has 2 heterocycles. The Balaban J connectivity index is 1.59. The van der Waals surface area contributed by atoms with Gasteiger partial charge in [0.1, 0.15) is 5.69 Å². The van der Waals surface area contributed by atoms with Gasteiger partial charge in [-0.15, -0.1) is 0 Å². The number of esters is 1. The summed E-state index contributed by atoms with van der Waals surface area (Å²) in [6.07, 6.45) is 3.22. The standard InChI is InChI=1S/C16H18N2O3/c19-15(18-8-4-1-5-9-18)11-21-16(20)14-10-12-6-2-3-7-13(12)17-14/h2-3,6-7,10,17H,1,4-5,8-9,11H2. The van der Waals surface area contributed by atoms with Gasteiger partial charge in [-0.2, -0.15) is 0 Å². The van der Waals surface area contributed by atoms with E-state index in [1.807, 2.05) is 24.3 Å². The van der Waals surface area contributed by atoms with Crippen molar-refractivity contribution < 1.29 is 14.3 Å². The second-order valence-electron chi connectivity index (χ2n) is 5.29. The molecule has 1 N–H and O–H groups in total. The summed E-state index contributed by atoms with van der Waals surface area (Å²) in [5.41, 5.74) is 1.26. The van der Waals surface area contributed by atoms with Crippen molar-refractivity contribution in [3.05, 3.63) is 36.0 Å². The zero-order valence-corrected chi connectivity index (χ0v) is 11.8. The number of nitrogens with one attached hydrogen (secondary N) is 1. The van der Waals surface area contributed by atoms with Gasteiger partial charge in [0.25, 0.3) is 5.91 Å². The van der Waals surface area contributed by atoms with Crippen molar-refractivity contribution in [2.75, 3.05) is 19.7 Å². The summed E-state index contributed by atoms with van der Waals surface area (Å²) in [4.78, 5) is 28.7. The predicted octanol–water partition coefficient (Wildman–Crippen LogP) is 2.34. The van der Waals surface area contributed by atoms with Crippen molar-refractivity contribution in [2.45, 2.75) is 19.3 Å². The molecule has 1 aromatic carbocycles. The van der Waals surface area contributed by atoms with Crippen LogP contribution in [0.3, 0.4) is 0 Å². The maximum atomic E-state index is 12.0. The maximum absolute atomic E-state index is 12.0. The molecule has 0 saturated carbocycles. The first kappa shape index (κ1) is 13.7. The maximum Gasteiger partial charge on any atom is 0.355 e. The molecule has 0 radical (unpaired) electrons. The number of piperidine rings is 1. The number of benzene rings is 1. The first-order chi connectivity index (χ1) is 10.2. The molecule has 5 heteroatoms. The fourth-order valence-electron chi connectivity index (χ4n) is 2.62. The number of ether oxygens (including phenoxy) is 1. The van der Waals surface area contributed by atoms with Crippen LogP contribution in [0.2, 0.25) is 0 Å². The lowest BCUT2D eigenvalue weighted by atomic mass is 10.1. The first-order valence-corrected chi connectivity index (χ1v) is 7.27. The van der Waals surface area contributed by atoms with Crippen LogP contribution in [-0.4, -0.2) is 41.5 Å². The Kier molecular flexibility index (Phi) is 3.90. The Morgan fingerprint density at radius 2 is 1.90 bits per heavy atom. The molecule has 0 bridgehead atoms. The van der Waals surface area contributed by atoms with E-state index in [9.17, 15) is 9.59 Å². The number of H-pyrrole nitrogens is 1. The highest BCUT2D eigenvalue weighted by molar-refractivity contribution is 5.95. The molecule has 1 saturated heterocycles. The summed E-state index contributed by atoms with van der Waals surface area (Å²) in [7, 11) is 0. The van der Waals surface area contributed by atoms with Gasteiger partial charge in [-0.25, -0.2) is 4.79 Å². The average Bonchev–Trinajstić information content (AvgIpc) is 2.97. The number of hydrogen-bond donors (Lipinski definition) is 1. The lowest BCUT2D eigenvalue weighted by Gasteiger charge is -2.26. The van der Waals surface area contributed by atoms with Crippen LogP contribution in [0.4, 0.5) is 0 Å². The summed E-state index contributed by atoms with van der Waals surface area (Å²) in [6, 6.07) is 9.36. The van der Waals surface area contributed by atoms with Gasteiger partial charge in [0, 0.05) is 24.0 Å². The van der Waals surface area contributed by atoms with Gasteiger partial charge in [0.2, 0.25) is 0 Å². The second-order valence-corrected chi connectivity index (χ2v) is 5.29. The normalized spacial score (nSPS) is 15.1. The van der Waals surface area contributed by atoms with Crippen molar-refractivity contribution in [2.24, 2.45) is 0 Å². The monoisotopic (exact) mass is 286 g/mol. The zero-order valence-electron chi connectivity index (χ0n) is 11.8. The van der Waals surface area contributed by atoms with Crippen molar-refractivity contribution >= 4 is 22.8 Å². The molecule has 110 valence electrons. The Hall–Kier alpha value is -2.30. The van der Waals surface area contributed by atoms with Gasteiger partial charge < -0.3 is 14.6 Å². The topological polar surface area (TPSA) is 62.4 Å². The van der Waals surface area contributed by atoms with Crippen LogP contribution in [0.5, 0.6) is 0 Å². The van der Waals surface area contributed by atoms with Crippen LogP contribution in [0, 0.1) is 0 Å². The Labute approximate surface area is 122 Å². The van der Waals surface area contributed by atoms with Gasteiger partial charge in [-0.05, 0) is 31.4 Å². The van der Waals surface area contributed by atoms with E-state index in [2.05, 4.69) is 4.98 Å². The quantitative estimate of drug-likeness (QED) is 0.881. The number of rotatable bonds is 3. The summed E-state index contributed by atoms with van der Waals surface area (Å²) in [5, 5.41) is 0.951. The highest BCUT2D eigenvalue weighted by Crippen LogP contribution is 2.15. The van der Waals surface area contributed by atoms with E-state index >= 15 is 0 Å². The van der Waals surface area contributed by atoms with Crippen LogP contribution in [-0.2, 0) is 9.53 Å². The van der Waals surface area contributed by atoms with Gasteiger partial charge in [0.05, 0.1) is 0 Å². The minimum Gasteiger partial charge on any atom is -0.451 e. The third-order valence-electron chi connectivity index (χ3n) is 3.79. The van der Waals surface area contributed by atoms with Crippen molar-refractivity contribution in [1.82, 2.24) is 9.88 Å². The summed E-state index contributed by atoms with van der Waals surface area (Å²) < 4.78 is 5.11. The van der Waals surface area contributed by atoms with Crippen LogP contribution in [0.25, 0.3) is 10.9 Å². The van der Waals surface area contributed by atoms with Gasteiger partial charge in [-0.3, -0.25) is 4.79 Å². The fraction of sp³-hybridized carbons (Fsp3) is 0.375. The number of carbonyl (C=O) groups is 2. The Morgan fingerprint density at radius 1 is 1.14 bits per heavy atom. The molecule has 1 aliphatic rings. The lowest BCUT2D eigenvalue weighted by Crippen LogP contribution is -2.38. The number of aromatic amines is 1. The predicted molar refractivity (Wildman–Crippen MR) is 79.0 cm³/mol. The van der Waals surface area contributed by atoms with Crippen molar-refractivity contribution in [3.8, 4) is 0 Å². The lowest BCUT2D eigenvalue weighted by molar-refractivity contribution is -0.135. The minimum absolute atomic E-state index is 0.112. The van der Waals surface area contributed by atoms with E-state index in [0.717, 1.165) is 36.8 Å².